The quantitative estimate of drug-likeness (QED) is 0.164. The van der Waals surface area contributed by atoms with Crippen molar-refractivity contribution in [1.82, 2.24) is 0 Å². The Morgan fingerprint density at radius 1 is 0.905 bits per heavy atom. The van der Waals surface area contributed by atoms with Crippen molar-refractivity contribution in [3.8, 4) is 0 Å². The molecule has 354 valence electrons. The largest absolute Gasteiger partial charge is 0.462 e. The Labute approximate surface area is 371 Å². The molecule has 7 rings (SSSR count). The summed E-state index contributed by atoms with van der Waals surface area (Å²) in [5.74, 6) is -1.54. The van der Waals surface area contributed by atoms with Crippen LogP contribution in [0.5, 0.6) is 0 Å². The summed E-state index contributed by atoms with van der Waals surface area (Å²) >= 11 is 0. The fourth-order valence-corrected chi connectivity index (χ4v) is 10.6. The van der Waals surface area contributed by atoms with Crippen LogP contribution in [-0.4, -0.2) is 140 Å². The van der Waals surface area contributed by atoms with Gasteiger partial charge in [0.25, 0.3) is 0 Å². The van der Waals surface area contributed by atoms with Crippen molar-refractivity contribution in [2.24, 2.45) is 11.8 Å². The fourth-order valence-electron chi connectivity index (χ4n) is 10.6. The number of fused-ring (bicyclic) bond motifs is 2. The zero-order chi connectivity index (χ0) is 44.8. The highest BCUT2D eigenvalue weighted by Crippen LogP contribution is 2.46. The van der Waals surface area contributed by atoms with Crippen molar-refractivity contribution in [3.05, 3.63) is 59.3 Å². The summed E-state index contributed by atoms with van der Waals surface area (Å²) < 4.78 is 69.8. The summed E-state index contributed by atoms with van der Waals surface area (Å²) in [6.07, 6.45) is 12.5. The number of hydrogen-bond acceptors (Lipinski definition) is 14. The average molecular weight is 891 g/mol. The number of aliphatic hydroxyl groups is 3. The topological polar surface area (TPSA) is 170 Å². The number of carbonyl (C=O) groups is 1. The molecule has 5 heterocycles. The standard InChI is InChI=1S/C48H71FO14/c1-27-19-20-34-23-35(22-33(59-34)16-12-18-38(63-49)31-13-8-7-9-14-31)60-47(52)36-21-28(2)43(50)46-48(36,53)32(26-56-46)15-10-11-17-37(27)61-41-25-40(55-6)45(30(4)58-41)62-42-24-39(54-5)44(51)29(3)57-42/h10-12,15-16,19,21,29-31,33-46,50-51,53H,7-9,13-14,17-18,20,22-26H2,1-6H3/b11-10+,16-12-,27-19?,32-15+/t29?,30?,33?,34-,35?,36+,37+,38?,39?,40?,41?,42?,43?,44+,45+,46-,48-/m1/s1. The maximum Gasteiger partial charge on any atom is 0.316 e. The lowest BCUT2D eigenvalue weighted by Gasteiger charge is -2.44. The number of allylic oxidation sites excluding steroid dienone is 2. The van der Waals surface area contributed by atoms with Gasteiger partial charge in [0, 0.05) is 39.9 Å². The van der Waals surface area contributed by atoms with E-state index in [0.717, 1.165) is 37.7 Å². The van der Waals surface area contributed by atoms with E-state index >= 15 is 0 Å². The smallest absolute Gasteiger partial charge is 0.316 e. The summed E-state index contributed by atoms with van der Waals surface area (Å²) in [6, 6.07) is 0. The van der Waals surface area contributed by atoms with Gasteiger partial charge in [0.1, 0.15) is 48.1 Å². The maximum absolute atomic E-state index is 14.2. The molecule has 14 nitrogen and oxygen atoms in total. The third-order valence-electron chi connectivity index (χ3n) is 14.5. The predicted molar refractivity (Wildman–Crippen MR) is 227 cm³/mol. The van der Waals surface area contributed by atoms with Crippen LogP contribution in [0.25, 0.3) is 0 Å². The normalized spacial score (nSPS) is 43.9. The van der Waals surface area contributed by atoms with Gasteiger partial charge in [0.15, 0.2) is 12.6 Å². The molecule has 5 aliphatic heterocycles. The second kappa shape index (κ2) is 21.9. The summed E-state index contributed by atoms with van der Waals surface area (Å²) in [5.41, 5.74) is 0.0925. The van der Waals surface area contributed by atoms with E-state index in [-0.39, 0.29) is 24.7 Å². The lowest BCUT2D eigenvalue weighted by Crippen LogP contribution is -2.57. The summed E-state index contributed by atoms with van der Waals surface area (Å²) in [7, 11) is 3.20. The van der Waals surface area contributed by atoms with E-state index in [1.807, 2.05) is 38.2 Å². The van der Waals surface area contributed by atoms with Gasteiger partial charge in [0.05, 0.1) is 49.3 Å². The molecule has 0 aromatic rings. The number of hydrogen-bond donors (Lipinski definition) is 3. The van der Waals surface area contributed by atoms with Crippen molar-refractivity contribution in [1.29, 1.82) is 0 Å². The molecule has 4 saturated heterocycles. The van der Waals surface area contributed by atoms with Gasteiger partial charge in [-0.3, -0.25) is 4.79 Å². The molecule has 2 bridgehead atoms. The summed E-state index contributed by atoms with van der Waals surface area (Å²) in [4.78, 5) is 18.6. The third-order valence-corrected chi connectivity index (χ3v) is 14.5. The highest BCUT2D eigenvalue weighted by atomic mass is 19.3. The zero-order valence-electron chi connectivity index (χ0n) is 37.8. The average Bonchev–Trinajstić information content (AvgIpc) is 3.62. The van der Waals surface area contributed by atoms with Gasteiger partial charge in [0.2, 0.25) is 0 Å². The highest BCUT2D eigenvalue weighted by molar-refractivity contribution is 5.78. The molecule has 0 spiro atoms. The minimum Gasteiger partial charge on any atom is -0.462 e. The predicted octanol–water partition coefficient (Wildman–Crippen LogP) is 5.96. The first-order valence-electron chi connectivity index (χ1n) is 23.2. The Bertz CT molecular complexity index is 1680. The van der Waals surface area contributed by atoms with Gasteiger partial charge in [-0.1, -0.05) is 61.8 Å². The van der Waals surface area contributed by atoms with Crippen LogP contribution < -0.4 is 0 Å². The molecule has 7 aliphatic rings. The van der Waals surface area contributed by atoms with Crippen molar-refractivity contribution in [3.63, 3.8) is 0 Å². The van der Waals surface area contributed by atoms with E-state index in [0.29, 0.717) is 56.1 Å². The lowest BCUT2D eigenvalue weighted by atomic mass is 9.71. The second-order valence-electron chi connectivity index (χ2n) is 18.7. The van der Waals surface area contributed by atoms with E-state index in [1.165, 1.54) is 0 Å². The minimum absolute atomic E-state index is 0.0238. The maximum atomic E-state index is 14.2. The van der Waals surface area contributed by atoms with Crippen molar-refractivity contribution in [2.45, 2.75) is 202 Å². The van der Waals surface area contributed by atoms with Crippen LogP contribution in [-0.2, 0) is 52.4 Å². The summed E-state index contributed by atoms with van der Waals surface area (Å²) in [6.45, 7) is 7.46. The molecule has 3 N–H and O–H groups in total. The van der Waals surface area contributed by atoms with E-state index in [1.54, 1.807) is 40.2 Å². The second-order valence-corrected chi connectivity index (χ2v) is 18.7. The van der Waals surface area contributed by atoms with E-state index in [9.17, 15) is 24.6 Å². The first-order valence-corrected chi connectivity index (χ1v) is 23.2. The third kappa shape index (κ3) is 11.3. The Morgan fingerprint density at radius 2 is 1.63 bits per heavy atom. The van der Waals surface area contributed by atoms with Crippen LogP contribution in [0.2, 0.25) is 0 Å². The molecule has 5 fully saturated rings. The first kappa shape index (κ1) is 48.6. The van der Waals surface area contributed by atoms with Gasteiger partial charge in [-0.15, -0.1) is 0 Å². The van der Waals surface area contributed by atoms with Gasteiger partial charge in [-0.25, -0.2) is 0 Å². The van der Waals surface area contributed by atoms with Gasteiger partial charge < -0.3 is 58.0 Å². The molecule has 17 atom stereocenters. The van der Waals surface area contributed by atoms with Crippen LogP contribution in [0, 0.1) is 11.8 Å². The number of methoxy groups -OCH3 is 2. The van der Waals surface area contributed by atoms with Crippen molar-refractivity contribution < 1.29 is 72.2 Å². The zero-order valence-corrected chi connectivity index (χ0v) is 37.8. The molecule has 0 aromatic carbocycles. The molecule has 15 heteroatoms. The highest BCUT2D eigenvalue weighted by Gasteiger charge is 2.59. The fraction of sp³-hybridized carbons (Fsp3) is 0.771. The van der Waals surface area contributed by atoms with Crippen LogP contribution in [0.3, 0.4) is 0 Å². The first-order chi connectivity index (χ1) is 30.3. The number of aliphatic hydroxyl groups excluding tert-OH is 2. The Morgan fingerprint density at radius 3 is 2.38 bits per heavy atom. The molecule has 63 heavy (non-hydrogen) atoms. The van der Waals surface area contributed by atoms with Gasteiger partial charge in [-0.2, -0.15) is 4.94 Å². The van der Waals surface area contributed by atoms with Crippen molar-refractivity contribution in [2.75, 3.05) is 20.8 Å². The SMILES string of the molecule is COC1CC(O[C@H]2C(C)OC(O[C@H]3C/C=C/C=C4\CO[C@@H]5C(O)C(C)=C[C@@H](C(=O)OC6CC(/C=C\CC(OF)C7CCCCC7)O[C@H](CC=C3C)C6)[C@]45O)CC2OC)OC(C)[C@@H]1O. The van der Waals surface area contributed by atoms with E-state index in [4.69, 9.17) is 42.6 Å². The summed E-state index contributed by atoms with van der Waals surface area (Å²) in [5, 5.41) is 34.0. The van der Waals surface area contributed by atoms with E-state index < -0.39 is 97.2 Å². The molecule has 2 aliphatic carbocycles. The van der Waals surface area contributed by atoms with Crippen LogP contribution in [0.15, 0.2) is 59.3 Å². The van der Waals surface area contributed by atoms with Gasteiger partial charge in [-0.05, 0) is 87.0 Å². The van der Waals surface area contributed by atoms with Crippen LogP contribution in [0.4, 0.5) is 4.53 Å². The molecule has 10 unspecified atom stereocenters. The molecule has 1 saturated carbocycles. The van der Waals surface area contributed by atoms with E-state index in [2.05, 4.69) is 11.0 Å². The minimum atomic E-state index is -1.83. The Balaban J connectivity index is 1.11. The number of ether oxygens (including phenoxy) is 9. The molecule has 0 aromatic heterocycles. The Hall–Kier alpha value is -2.38. The number of halogens is 1. The molecular formula is C48H71FO14. The number of carbonyl (C=O) groups excluding carboxylic acids is 1. The monoisotopic (exact) mass is 890 g/mol. The molecule has 0 radical (unpaired) electrons. The number of esters is 1. The van der Waals surface area contributed by atoms with Gasteiger partial charge >= 0.3 is 5.97 Å². The number of rotatable bonds is 11. The molecule has 0 amide bonds. The van der Waals surface area contributed by atoms with Crippen LogP contribution >= 0.6 is 0 Å². The van der Waals surface area contributed by atoms with Crippen LogP contribution in [0.1, 0.15) is 105 Å². The molecular weight excluding hydrogens is 820 g/mol. The lowest BCUT2D eigenvalue weighted by molar-refractivity contribution is -0.317. The van der Waals surface area contributed by atoms with Crippen molar-refractivity contribution >= 4 is 5.97 Å². The Kier molecular flexibility index (Phi) is 16.9.